The highest BCUT2D eigenvalue weighted by molar-refractivity contribution is 5.94. The van der Waals surface area contributed by atoms with Gasteiger partial charge in [-0.25, -0.2) is 14.5 Å². The van der Waals surface area contributed by atoms with Gasteiger partial charge in [0, 0.05) is 6.54 Å². The van der Waals surface area contributed by atoms with E-state index in [0.29, 0.717) is 18.3 Å². The number of hydrogen-bond acceptors (Lipinski definition) is 4. The molecule has 2 heterocycles. The molecule has 1 aliphatic heterocycles. The van der Waals surface area contributed by atoms with Crippen molar-refractivity contribution in [3.05, 3.63) is 41.5 Å². The third-order valence-corrected chi connectivity index (χ3v) is 6.15. The lowest BCUT2D eigenvalue weighted by Gasteiger charge is -2.23. The maximum Gasteiger partial charge on any atom is 0.326 e. The van der Waals surface area contributed by atoms with E-state index in [1.807, 2.05) is 31.2 Å². The Balaban J connectivity index is 1.67. The smallest absolute Gasteiger partial charge is 0.326 e. The summed E-state index contributed by atoms with van der Waals surface area (Å²) in [6, 6.07) is 7.16. The van der Waals surface area contributed by atoms with Crippen molar-refractivity contribution in [1.29, 1.82) is 0 Å². The van der Waals surface area contributed by atoms with Gasteiger partial charge in [-0.2, -0.15) is 0 Å². The van der Waals surface area contributed by atoms with Crippen LogP contribution in [0.3, 0.4) is 0 Å². The van der Waals surface area contributed by atoms with Crippen LogP contribution in [0.25, 0.3) is 5.69 Å². The topological polar surface area (TPSA) is 88.3 Å². The maximum atomic E-state index is 13.1. The first-order chi connectivity index (χ1) is 13.4. The van der Waals surface area contributed by atoms with Gasteiger partial charge in [0.1, 0.15) is 11.9 Å². The summed E-state index contributed by atoms with van der Waals surface area (Å²) in [7, 11) is 0. The Bertz CT molecular complexity index is 920. The molecule has 7 nitrogen and oxygen atoms in total. The molecule has 3 unspecified atom stereocenters. The number of para-hydroxylation sites is 1. The van der Waals surface area contributed by atoms with Gasteiger partial charge in [0.2, 0.25) is 5.82 Å². The average Bonchev–Trinajstić information content (AvgIpc) is 3.34. The van der Waals surface area contributed by atoms with E-state index in [9.17, 15) is 14.7 Å². The van der Waals surface area contributed by atoms with Gasteiger partial charge >= 0.3 is 5.97 Å². The Morgan fingerprint density at radius 2 is 1.96 bits per heavy atom. The van der Waals surface area contributed by atoms with Crippen molar-refractivity contribution in [2.24, 2.45) is 11.8 Å². The molecule has 7 heteroatoms. The second-order valence-electron chi connectivity index (χ2n) is 8.20. The van der Waals surface area contributed by atoms with Gasteiger partial charge in [-0.1, -0.05) is 38.5 Å². The number of benzene rings is 1. The molecule has 1 N–H and O–H groups in total. The molecule has 3 atom stereocenters. The minimum atomic E-state index is -0.927. The zero-order valence-corrected chi connectivity index (χ0v) is 16.5. The molecule has 1 saturated heterocycles. The van der Waals surface area contributed by atoms with Crippen LogP contribution in [0.15, 0.2) is 24.3 Å². The number of hydrogen-bond donors (Lipinski definition) is 1. The molecule has 1 amide bonds. The second kappa shape index (κ2) is 7.04. The molecule has 2 aliphatic rings. The van der Waals surface area contributed by atoms with E-state index in [0.717, 1.165) is 30.5 Å². The van der Waals surface area contributed by atoms with E-state index < -0.39 is 12.0 Å². The summed E-state index contributed by atoms with van der Waals surface area (Å²) in [6.07, 6.45) is 2.90. The van der Waals surface area contributed by atoms with Crippen LogP contribution in [0.1, 0.15) is 61.0 Å². The summed E-state index contributed by atoms with van der Waals surface area (Å²) in [5.41, 5.74) is 2.02. The fourth-order valence-electron chi connectivity index (χ4n) is 4.84. The largest absolute Gasteiger partial charge is 0.480 e. The van der Waals surface area contributed by atoms with Gasteiger partial charge in [-0.3, -0.25) is 4.79 Å². The number of amides is 1. The van der Waals surface area contributed by atoms with Crippen LogP contribution < -0.4 is 0 Å². The van der Waals surface area contributed by atoms with Crippen LogP contribution in [0.5, 0.6) is 0 Å². The number of carboxylic acids is 1. The Kier molecular flexibility index (Phi) is 4.69. The molecule has 1 saturated carbocycles. The van der Waals surface area contributed by atoms with Gasteiger partial charge in [0.25, 0.3) is 5.91 Å². The Labute approximate surface area is 164 Å². The van der Waals surface area contributed by atoms with Crippen molar-refractivity contribution < 1.29 is 14.7 Å². The summed E-state index contributed by atoms with van der Waals surface area (Å²) >= 11 is 0. The zero-order valence-electron chi connectivity index (χ0n) is 16.5. The van der Waals surface area contributed by atoms with Gasteiger partial charge < -0.3 is 10.0 Å². The third kappa shape index (κ3) is 2.99. The molecule has 1 aromatic carbocycles. The second-order valence-corrected chi connectivity index (χ2v) is 8.20. The van der Waals surface area contributed by atoms with Crippen LogP contribution in [0.4, 0.5) is 0 Å². The highest BCUT2D eigenvalue weighted by atomic mass is 16.4. The lowest BCUT2D eigenvalue weighted by molar-refractivity contribution is -0.142. The van der Waals surface area contributed by atoms with Gasteiger partial charge in [0.05, 0.1) is 5.69 Å². The van der Waals surface area contributed by atoms with E-state index in [1.165, 1.54) is 4.90 Å². The van der Waals surface area contributed by atoms with Crippen LogP contribution in [0, 0.1) is 18.8 Å². The van der Waals surface area contributed by atoms with E-state index >= 15 is 0 Å². The van der Waals surface area contributed by atoms with Crippen molar-refractivity contribution in [1.82, 2.24) is 19.7 Å². The normalized spacial score (nSPS) is 24.0. The summed E-state index contributed by atoms with van der Waals surface area (Å²) in [4.78, 5) is 30.9. The quantitative estimate of drug-likeness (QED) is 0.878. The zero-order chi connectivity index (χ0) is 20.0. The number of fused-ring (bicyclic) bond motifs is 1. The fraction of sp³-hybridized carbons (Fsp3) is 0.524. The Hall–Kier alpha value is -2.70. The average molecular weight is 382 g/mol. The molecule has 2 aromatic rings. The summed E-state index contributed by atoms with van der Waals surface area (Å²) < 4.78 is 1.69. The van der Waals surface area contributed by atoms with Gasteiger partial charge in [-0.05, 0) is 49.1 Å². The highest BCUT2D eigenvalue weighted by Crippen LogP contribution is 2.42. The number of aromatic nitrogens is 3. The minimum Gasteiger partial charge on any atom is -0.480 e. The molecule has 4 rings (SSSR count). The lowest BCUT2D eigenvalue weighted by atomic mass is 9.94. The summed E-state index contributed by atoms with van der Waals surface area (Å²) in [5, 5.41) is 14.2. The van der Waals surface area contributed by atoms with Crippen molar-refractivity contribution in [3.63, 3.8) is 0 Å². The van der Waals surface area contributed by atoms with E-state index in [1.54, 1.807) is 4.68 Å². The number of aliphatic carboxylic acids is 1. The molecule has 28 heavy (non-hydrogen) atoms. The minimum absolute atomic E-state index is 0.0475. The van der Waals surface area contributed by atoms with Crippen molar-refractivity contribution in [2.45, 2.75) is 52.0 Å². The van der Waals surface area contributed by atoms with Crippen molar-refractivity contribution in [2.75, 3.05) is 6.54 Å². The molecule has 1 aliphatic carbocycles. The van der Waals surface area contributed by atoms with Crippen molar-refractivity contribution >= 4 is 11.9 Å². The van der Waals surface area contributed by atoms with Crippen LogP contribution in [-0.4, -0.2) is 49.2 Å². The molecule has 2 fully saturated rings. The SMILES string of the molecule is Cc1nc(C(=O)N2CC3CCCC3C2C(=O)O)nn1-c1ccccc1C(C)C. The summed E-state index contributed by atoms with van der Waals surface area (Å²) in [5.74, 6) is -0.00534. The van der Waals surface area contributed by atoms with Crippen LogP contribution in [0.2, 0.25) is 0 Å². The molecular weight excluding hydrogens is 356 g/mol. The van der Waals surface area contributed by atoms with Gasteiger partial charge in [0.15, 0.2) is 0 Å². The first-order valence-electron chi connectivity index (χ1n) is 9.95. The molecule has 0 radical (unpaired) electrons. The Morgan fingerprint density at radius 3 is 2.68 bits per heavy atom. The standard InChI is InChI=1S/C21H26N4O3/c1-12(2)15-8-4-5-10-17(15)25-13(3)22-19(23-25)20(26)24-11-14-7-6-9-16(14)18(24)21(27)28/h4-5,8,10,12,14,16,18H,6-7,9,11H2,1-3H3,(H,27,28). The molecule has 1 aromatic heterocycles. The number of carbonyl (C=O) groups excluding carboxylic acids is 1. The Morgan fingerprint density at radius 1 is 1.21 bits per heavy atom. The third-order valence-electron chi connectivity index (χ3n) is 6.15. The number of carbonyl (C=O) groups is 2. The molecule has 0 spiro atoms. The summed E-state index contributed by atoms with van der Waals surface area (Å²) in [6.45, 7) is 6.51. The van der Waals surface area contributed by atoms with Crippen LogP contribution in [-0.2, 0) is 4.79 Å². The monoisotopic (exact) mass is 382 g/mol. The molecule has 0 bridgehead atoms. The lowest BCUT2D eigenvalue weighted by Crippen LogP contribution is -2.43. The number of likely N-dealkylation sites (tertiary alicyclic amines) is 1. The van der Waals surface area contributed by atoms with E-state index in [-0.39, 0.29) is 23.6 Å². The maximum absolute atomic E-state index is 13.1. The van der Waals surface area contributed by atoms with E-state index in [2.05, 4.69) is 23.9 Å². The fourth-order valence-corrected chi connectivity index (χ4v) is 4.84. The van der Waals surface area contributed by atoms with Crippen molar-refractivity contribution in [3.8, 4) is 5.69 Å². The molecular formula is C21H26N4O3. The number of aryl methyl sites for hydroxylation is 1. The number of rotatable bonds is 4. The molecule has 148 valence electrons. The van der Waals surface area contributed by atoms with Gasteiger partial charge in [-0.15, -0.1) is 5.10 Å². The first kappa shape index (κ1) is 18.7. The van der Waals surface area contributed by atoms with Crippen LogP contribution >= 0.6 is 0 Å². The number of nitrogens with zero attached hydrogens (tertiary/aromatic N) is 4. The first-order valence-corrected chi connectivity index (χ1v) is 9.95. The predicted molar refractivity (Wildman–Crippen MR) is 103 cm³/mol. The highest BCUT2D eigenvalue weighted by Gasteiger charge is 2.50. The number of carboxylic acid groups (broad SMARTS) is 1. The van der Waals surface area contributed by atoms with E-state index in [4.69, 9.17) is 0 Å². The predicted octanol–water partition coefficient (Wildman–Crippen LogP) is 3.02.